The number of hydrogen-bond acceptors (Lipinski definition) is 7. The molecule has 4 aromatic rings. The summed E-state index contributed by atoms with van der Waals surface area (Å²) in [6, 6.07) is 14.3. The summed E-state index contributed by atoms with van der Waals surface area (Å²) in [6.45, 7) is 5.37. The van der Waals surface area contributed by atoms with E-state index in [1.165, 1.54) is 6.33 Å². The molecule has 0 aliphatic carbocycles. The maximum absolute atomic E-state index is 12.9. The molecule has 3 N–H and O–H groups in total. The fourth-order valence-corrected chi connectivity index (χ4v) is 5.36. The van der Waals surface area contributed by atoms with Crippen molar-refractivity contribution < 1.29 is 4.79 Å². The number of anilines is 2. The van der Waals surface area contributed by atoms with Crippen LogP contribution in [0.3, 0.4) is 0 Å². The van der Waals surface area contributed by atoms with Crippen LogP contribution in [0.25, 0.3) is 31.4 Å². The molecule has 0 bridgehead atoms. The van der Waals surface area contributed by atoms with Crippen LogP contribution in [0.4, 0.5) is 16.3 Å². The fourth-order valence-electron chi connectivity index (χ4n) is 4.27. The van der Waals surface area contributed by atoms with Crippen LogP contribution >= 0.6 is 11.3 Å². The van der Waals surface area contributed by atoms with Crippen molar-refractivity contribution >= 4 is 49.2 Å². The van der Waals surface area contributed by atoms with Crippen molar-refractivity contribution in [2.45, 2.75) is 0 Å². The number of fused-ring (bicyclic) bond motifs is 3. The fraction of sp³-hybridized carbons (Fsp3) is 0.320. The van der Waals surface area contributed by atoms with Gasteiger partial charge in [0.2, 0.25) is 0 Å². The Hall–Kier alpha value is -3.27. The van der Waals surface area contributed by atoms with Gasteiger partial charge < -0.3 is 20.9 Å². The summed E-state index contributed by atoms with van der Waals surface area (Å²) in [5.41, 5.74) is 9.85. The second-order valence-electron chi connectivity index (χ2n) is 8.89. The number of carbonyl (C=O) groups excluding carboxylic acids is 1. The molecule has 1 fully saturated rings. The molecule has 0 saturated carbocycles. The van der Waals surface area contributed by atoms with Crippen LogP contribution < -0.4 is 11.1 Å². The van der Waals surface area contributed by atoms with E-state index in [0.29, 0.717) is 5.82 Å². The third-order valence-corrected chi connectivity index (χ3v) is 7.41. The van der Waals surface area contributed by atoms with Crippen LogP contribution in [-0.4, -0.2) is 84.1 Å². The third-order valence-electron chi connectivity index (χ3n) is 6.25. The standard InChI is InChI=1S/C25H29N7OS/c1-30(2)8-9-31-10-12-32(13-11-31)25(33)29-19-5-3-4-17(14-19)18-6-7-20-21(15-18)34-23-22(20)27-16-28-24(23)26/h3-7,14-16H,8-13H2,1-2H3,(H,29,33)(H2,26,27,28). The molecule has 3 heterocycles. The number of nitrogens with one attached hydrogen (secondary N) is 1. The SMILES string of the molecule is CN(C)CCN1CCN(C(=O)Nc2cccc(-c3ccc4c(c3)sc3c(N)ncnc34)c2)CC1. The summed E-state index contributed by atoms with van der Waals surface area (Å²) in [5, 5.41) is 4.16. The molecular weight excluding hydrogens is 446 g/mol. The van der Waals surface area contributed by atoms with Crippen molar-refractivity contribution in [3.63, 3.8) is 0 Å². The van der Waals surface area contributed by atoms with Gasteiger partial charge in [0.1, 0.15) is 12.1 Å². The molecule has 176 valence electrons. The van der Waals surface area contributed by atoms with E-state index in [9.17, 15) is 4.79 Å². The Bertz CT molecular complexity index is 1330. The van der Waals surface area contributed by atoms with E-state index >= 15 is 0 Å². The van der Waals surface area contributed by atoms with Crippen LogP contribution in [0.1, 0.15) is 0 Å². The number of hydrogen-bond donors (Lipinski definition) is 2. The zero-order chi connectivity index (χ0) is 23.7. The zero-order valence-electron chi connectivity index (χ0n) is 19.5. The number of nitrogen functional groups attached to an aromatic ring is 1. The van der Waals surface area contributed by atoms with Gasteiger partial charge in [0, 0.05) is 55.0 Å². The molecule has 8 nitrogen and oxygen atoms in total. The van der Waals surface area contributed by atoms with Crippen LogP contribution in [0.2, 0.25) is 0 Å². The summed E-state index contributed by atoms with van der Waals surface area (Å²) >= 11 is 1.60. The summed E-state index contributed by atoms with van der Waals surface area (Å²) in [7, 11) is 4.17. The predicted octanol–water partition coefficient (Wildman–Crippen LogP) is 3.80. The molecule has 0 spiro atoms. The number of carbonyl (C=O) groups is 1. The number of piperazine rings is 1. The van der Waals surface area contributed by atoms with Crippen molar-refractivity contribution in [1.29, 1.82) is 0 Å². The average molecular weight is 476 g/mol. The minimum absolute atomic E-state index is 0.0431. The number of benzene rings is 2. The first kappa shape index (κ1) is 22.5. The van der Waals surface area contributed by atoms with Crippen molar-refractivity contribution in [3.8, 4) is 11.1 Å². The lowest BCUT2D eigenvalue weighted by atomic mass is 10.0. The molecule has 5 rings (SSSR count). The van der Waals surface area contributed by atoms with Crippen molar-refractivity contribution in [2.75, 3.05) is 64.4 Å². The highest BCUT2D eigenvalue weighted by Crippen LogP contribution is 2.37. The predicted molar refractivity (Wildman–Crippen MR) is 140 cm³/mol. The Morgan fingerprint density at radius 1 is 1.09 bits per heavy atom. The number of nitrogens with two attached hydrogens (primary N) is 1. The topological polar surface area (TPSA) is 90.6 Å². The smallest absolute Gasteiger partial charge is 0.321 e. The summed E-state index contributed by atoms with van der Waals surface area (Å²) in [4.78, 5) is 27.9. The number of aromatic nitrogens is 2. The molecule has 1 aliphatic heterocycles. The highest BCUT2D eigenvalue weighted by atomic mass is 32.1. The Morgan fingerprint density at radius 2 is 1.88 bits per heavy atom. The van der Waals surface area contributed by atoms with Gasteiger partial charge in [0.25, 0.3) is 0 Å². The van der Waals surface area contributed by atoms with Crippen LogP contribution in [0.5, 0.6) is 0 Å². The van der Waals surface area contributed by atoms with Gasteiger partial charge in [-0.1, -0.05) is 24.3 Å². The highest BCUT2D eigenvalue weighted by Gasteiger charge is 2.21. The average Bonchev–Trinajstić information content (AvgIpc) is 3.22. The molecular formula is C25H29N7OS. The summed E-state index contributed by atoms with van der Waals surface area (Å²) in [5.74, 6) is 0.510. The normalized spacial score (nSPS) is 14.9. The van der Waals surface area contributed by atoms with Crippen molar-refractivity contribution in [2.24, 2.45) is 0 Å². The Balaban J connectivity index is 1.28. The van der Waals surface area contributed by atoms with E-state index in [2.05, 4.69) is 63.4 Å². The highest BCUT2D eigenvalue weighted by molar-refractivity contribution is 7.26. The number of rotatable bonds is 5. The van der Waals surface area contributed by atoms with Crippen molar-refractivity contribution in [3.05, 3.63) is 48.8 Å². The van der Waals surface area contributed by atoms with E-state index in [1.807, 2.05) is 23.1 Å². The molecule has 34 heavy (non-hydrogen) atoms. The molecule has 1 saturated heterocycles. The van der Waals surface area contributed by atoms with Gasteiger partial charge in [-0.2, -0.15) is 0 Å². The van der Waals surface area contributed by atoms with Gasteiger partial charge in [-0.15, -0.1) is 11.3 Å². The second kappa shape index (κ2) is 9.54. The quantitative estimate of drug-likeness (QED) is 0.456. The Labute approximate surface area is 203 Å². The van der Waals surface area contributed by atoms with E-state index in [1.54, 1.807) is 11.3 Å². The first-order chi connectivity index (χ1) is 16.5. The molecule has 0 unspecified atom stereocenters. The molecule has 2 aromatic carbocycles. The lowest BCUT2D eigenvalue weighted by molar-refractivity contribution is 0.140. The zero-order valence-corrected chi connectivity index (χ0v) is 20.3. The van der Waals surface area contributed by atoms with Crippen LogP contribution in [-0.2, 0) is 0 Å². The molecule has 2 amide bonds. The maximum Gasteiger partial charge on any atom is 0.321 e. The van der Waals surface area contributed by atoms with Gasteiger partial charge in [-0.05, 0) is 43.4 Å². The van der Waals surface area contributed by atoms with Crippen LogP contribution in [0, 0.1) is 0 Å². The number of thiophene rings is 1. The minimum atomic E-state index is -0.0431. The number of amides is 2. The van der Waals surface area contributed by atoms with Crippen LogP contribution in [0.15, 0.2) is 48.8 Å². The van der Waals surface area contributed by atoms with Gasteiger partial charge in [0.05, 0.1) is 10.2 Å². The van der Waals surface area contributed by atoms with Gasteiger partial charge >= 0.3 is 6.03 Å². The number of likely N-dealkylation sites (N-methyl/N-ethyl adjacent to an activating group) is 1. The molecule has 0 atom stereocenters. The summed E-state index contributed by atoms with van der Waals surface area (Å²) < 4.78 is 2.03. The van der Waals surface area contributed by atoms with Gasteiger partial charge in [0.15, 0.2) is 0 Å². The van der Waals surface area contributed by atoms with Gasteiger partial charge in [-0.25, -0.2) is 14.8 Å². The molecule has 2 aromatic heterocycles. The lowest BCUT2D eigenvalue weighted by Crippen LogP contribution is -2.51. The Kier molecular flexibility index (Phi) is 6.32. The monoisotopic (exact) mass is 475 g/mol. The third kappa shape index (κ3) is 4.68. The summed E-state index contributed by atoms with van der Waals surface area (Å²) in [6.07, 6.45) is 1.51. The molecule has 0 radical (unpaired) electrons. The number of nitrogens with zero attached hydrogens (tertiary/aromatic N) is 5. The van der Waals surface area contributed by atoms with E-state index in [-0.39, 0.29) is 6.03 Å². The van der Waals surface area contributed by atoms with E-state index in [4.69, 9.17) is 5.73 Å². The number of urea groups is 1. The lowest BCUT2D eigenvalue weighted by Gasteiger charge is -2.35. The second-order valence-corrected chi connectivity index (χ2v) is 9.94. The van der Waals surface area contributed by atoms with Gasteiger partial charge in [-0.3, -0.25) is 4.90 Å². The largest absolute Gasteiger partial charge is 0.382 e. The Morgan fingerprint density at radius 3 is 2.68 bits per heavy atom. The molecule has 9 heteroatoms. The minimum Gasteiger partial charge on any atom is -0.382 e. The molecule has 1 aliphatic rings. The first-order valence-corrected chi connectivity index (χ1v) is 12.3. The van der Waals surface area contributed by atoms with E-state index in [0.717, 1.165) is 76.4 Å². The van der Waals surface area contributed by atoms with Crippen molar-refractivity contribution in [1.82, 2.24) is 24.7 Å². The maximum atomic E-state index is 12.9. The first-order valence-electron chi connectivity index (χ1n) is 11.4. The van der Waals surface area contributed by atoms with E-state index < -0.39 is 0 Å².